The fraction of sp³-hybridized carbons (Fsp3) is 0.333. The average molecular weight is 409 g/mol. The molecule has 1 aliphatic rings. The molecule has 0 aliphatic carbocycles. The zero-order valence-corrected chi connectivity index (χ0v) is 16.9. The lowest BCUT2D eigenvalue weighted by molar-refractivity contribution is -0.123. The van der Waals surface area contributed by atoms with Gasteiger partial charge in [0.2, 0.25) is 0 Å². The Morgan fingerprint density at radius 3 is 3.00 bits per heavy atom. The van der Waals surface area contributed by atoms with Crippen LogP contribution in [0.15, 0.2) is 42.7 Å². The molecule has 0 unspecified atom stereocenters. The highest BCUT2D eigenvalue weighted by molar-refractivity contribution is 5.77. The van der Waals surface area contributed by atoms with Gasteiger partial charge in [0.25, 0.3) is 5.91 Å². The number of nitrogens with one attached hydrogen (secondary N) is 1. The predicted molar refractivity (Wildman–Crippen MR) is 108 cm³/mol. The molecule has 0 spiro atoms. The number of carbonyl (C=O) groups excluding carboxylic acids is 1. The van der Waals surface area contributed by atoms with E-state index in [2.05, 4.69) is 20.8 Å². The summed E-state index contributed by atoms with van der Waals surface area (Å²) in [6, 6.07) is 11.1. The average Bonchev–Trinajstić information content (AvgIpc) is 3.40. The van der Waals surface area contributed by atoms with Crippen molar-refractivity contribution in [3.8, 4) is 22.9 Å². The Kier molecular flexibility index (Phi) is 5.78. The number of carbonyl (C=O) groups is 1. The summed E-state index contributed by atoms with van der Waals surface area (Å²) in [5.41, 5.74) is 2.75. The van der Waals surface area contributed by atoms with Crippen LogP contribution in [-0.4, -0.2) is 45.4 Å². The minimum absolute atomic E-state index is 0.110. The number of rotatable bonds is 8. The third-order valence-electron chi connectivity index (χ3n) is 4.66. The van der Waals surface area contributed by atoms with Gasteiger partial charge in [0, 0.05) is 30.2 Å². The van der Waals surface area contributed by atoms with Crippen LogP contribution in [0.3, 0.4) is 0 Å². The fourth-order valence-electron chi connectivity index (χ4n) is 3.30. The number of ether oxygens (including phenoxy) is 3. The molecule has 1 N–H and O–H groups in total. The zero-order valence-electron chi connectivity index (χ0n) is 16.9. The number of hydrogen-bond donors (Lipinski definition) is 1. The van der Waals surface area contributed by atoms with E-state index in [9.17, 15) is 4.79 Å². The van der Waals surface area contributed by atoms with Crippen molar-refractivity contribution in [1.82, 2.24) is 25.5 Å². The van der Waals surface area contributed by atoms with E-state index < -0.39 is 0 Å². The van der Waals surface area contributed by atoms with Crippen molar-refractivity contribution in [3.05, 3.63) is 53.9 Å². The molecular formula is C21H23N5O4. The summed E-state index contributed by atoms with van der Waals surface area (Å²) in [4.78, 5) is 12.3. The van der Waals surface area contributed by atoms with Crippen LogP contribution < -0.4 is 19.5 Å². The number of hydrogen-bond acceptors (Lipinski definition) is 7. The lowest BCUT2D eigenvalue weighted by Crippen LogP contribution is -2.28. The highest BCUT2D eigenvalue weighted by Gasteiger charge is 2.22. The number of aromatic nitrogens is 4. The van der Waals surface area contributed by atoms with Gasteiger partial charge in [0.15, 0.2) is 6.61 Å². The third kappa shape index (κ3) is 4.51. The van der Waals surface area contributed by atoms with Crippen molar-refractivity contribution in [3.63, 3.8) is 0 Å². The number of amides is 1. The highest BCUT2D eigenvalue weighted by Crippen LogP contribution is 2.35. The van der Waals surface area contributed by atoms with Crippen LogP contribution >= 0.6 is 0 Å². The van der Waals surface area contributed by atoms with Crippen LogP contribution in [-0.2, 0) is 17.8 Å². The van der Waals surface area contributed by atoms with Crippen LogP contribution in [0.2, 0.25) is 0 Å². The van der Waals surface area contributed by atoms with Gasteiger partial charge in [0.05, 0.1) is 12.3 Å². The number of tetrazole rings is 1. The van der Waals surface area contributed by atoms with E-state index in [4.69, 9.17) is 14.2 Å². The second-order valence-corrected chi connectivity index (χ2v) is 6.95. The van der Waals surface area contributed by atoms with Crippen molar-refractivity contribution in [2.24, 2.45) is 0 Å². The number of fused-ring (bicyclic) bond motifs is 1. The van der Waals surface area contributed by atoms with Crippen LogP contribution in [0, 0.1) is 0 Å². The predicted octanol–water partition coefficient (Wildman–Crippen LogP) is 2.08. The van der Waals surface area contributed by atoms with Crippen molar-refractivity contribution in [1.29, 1.82) is 0 Å². The monoisotopic (exact) mass is 409 g/mol. The molecule has 2 aromatic carbocycles. The Labute approximate surface area is 173 Å². The van der Waals surface area contributed by atoms with Gasteiger partial charge < -0.3 is 19.5 Å². The molecule has 30 heavy (non-hydrogen) atoms. The first-order valence-electron chi connectivity index (χ1n) is 9.80. The molecule has 0 bridgehead atoms. The van der Waals surface area contributed by atoms with Gasteiger partial charge in [-0.05, 0) is 48.5 Å². The van der Waals surface area contributed by atoms with Gasteiger partial charge in [-0.2, -0.15) is 0 Å². The van der Waals surface area contributed by atoms with E-state index in [1.807, 2.05) is 38.1 Å². The largest absolute Gasteiger partial charge is 0.494 e. The fourth-order valence-corrected chi connectivity index (χ4v) is 3.30. The molecule has 0 radical (unpaired) electrons. The first-order valence-corrected chi connectivity index (χ1v) is 9.80. The number of benzene rings is 2. The Morgan fingerprint density at radius 1 is 1.30 bits per heavy atom. The molecule has 0 saturated carbocycles. The molecule has 2 heterocycles. The Hall–Kier alpha value is -3.62. The molecular weight excluding hydrogens is 386 g/mol. The molecule has 0 fully saturated rings. The van der Waals surface area contributed by atoms with Gasteiger partial charge in [-0.25, -0.2) is 4.68 Å². The minimum atomic E-state index is -0.236. The van der Waals surface area contributed by atoms with E-state index in [1.54, 1.807) is 12.1 Å². The maximum absolute atomic E-state index is 12.3. The van der Waals surface area contributed by atoms with E-state index in [0.29, 0.717) is 18.9 Å². The lowest BCUT2D eigenvalue weighted by atomic mass is 10.1. The molecule has 1 aliphatic heterocycles. The standard InChI is InChI=1S/C21H23N5O4/c1-3-28-19-8-15-7-14(2)30-20(15)9-16(19)11-22-21(27)12-29-18-6-4-5-17(10-18)26-13-23-24-25-26/h4-6,8-10,13-14H,3,7,11-12H2,1-2H3,(H,22,27)/t14-/m0/s1. The van der Waals surface area contributed by atoms with E-state index >= 15 is 0 Å². The molecule has 1 atom stereocenters. The Balaban J connectivity index is 1.35. The van der Waals surface area contributed by atoms with Crippen LogP contribution in [0.5, 0.6) is 17.2 Å². The van der Waals surface area contributed by atoms with Crippen molar-refractivity contribution < 1.29 is 19.0 Å². The van der Waals surface area contributed by atoms with Crippen molar-refractivity contribution >= 4 is 5.91 Å². The molecule has 0 saturated heterocycles. The second kappa shape index (κ2) is 8.81. The van der Waals surface area contributed by atoms with E-state index in [0.717, 1.165) is 34.7 Å². The summed E-state index contributed by atoms with van der Waals surface area (Å²) in [5, 5.41) is 13.9. The van der Waals surface area contributed by atoms with Crippen LogP contribution in [0.1, 0.15) is 25.0 Å². The Bertz CT molecular complexity index is 1020. The molecule has 1 amide bonds. The normalized spacial score (nSPS) is 14.7. The maximum atomic E-state index is 12.3. The third-order valence-corrected chi connectivity index (χ3v) is 4.66. The summed E-state index contributed by atoms with van der Waals surface area (Å²) in [5.74, 6) is 1.93. The molecule has 4 rings (SSSR count). The summed E-state index contributed by atoms with van der Waals surface area (Å²) >= 11 is 0. The Morgan fingerprint density at radius 2 is 2.20 bits per heavy atom. The van der Waals surface area contributed by atoms with Crippen molar-refractivity contribution in [2.75, 3.05) is 13.2 Å². The van der Waals surface area contributed by atoms with Crippen LogP contribution in [0.25, 0.3) is 5.69 Å². The molecule has 156 valence electrons. The lowest BCUT2D eigenvalue weighted by Gasteiger charge is -2.14. The minimum Gasteiger partial charge on any atom is -0.494 e. The number of nitrogens with zero attached hydrogens (tertiary/aromatic N) is 4. The molecule has 3 aromatic rings. The summed E-state index contributed by atoms with van der Waals surface area (Å²) in [6.07, 6.45) is 2.50. The van der Waals surface area contributed by atoms with Gasteiger partial charge in [-0.3, -0.25) is 4.79 Å². The van der Waals surface area contributed by atoms with Gasteiger partial charge in [-0.15, -0.1) is 5.10 Å². The van der Waals surface area contributed by atoms with Crippen molar-refractivity contribution in [2.45, 2.75) is 32.9 Å². The first-order chi connectivity index (χ1) is 14.6. The topological polar surface area (TPSA) is 100 Å². The van der Waals surface area contributed by atoms with Crippen LogP contribution in [0.4, 0.5) is 0 Å². The van der Waals surface area contributed by atoms with Gasteiger partial charge in [-0.1, -0.05) is 6.07 Å². The molecule has 9 nitrogen and oxygen atoms in total. The highest BCUT2D eigenvalue weighted by atomic mass is 16.5. The maximum Gasteiger partial charge on any atom is 0.258 e. The van der Waals surface area contributed by atoms with Gasteiger partial charge in [0.1, 0.15) is 29.7 Å². The molecule has 9 heteroatoms. The summed E-state index contributed by atoms with van der Waals surface area (Å²) < 4.78 is 18.7. The quantitative estimate of drug-likeness (QED) is 0.608. The summed E-state index contributed by atoms with van der Waals surface area (Å²) in [6.45, 7) is 4.74. The SMILES string of the molecule is CCOc1cc2c(cc1CNC(=O)COc1cccc(-n3cnnn3)c1)O[C@@H](C)C2. The van der Waals surface area contributed by atoms with Gasteiger partial charge >= 0.3 is 0 Å². The zero-order chi connectivity index (χ0) is 20.9. The smallest absolute Gasteiger partial charge is 0.258 e. The second-order valence-electron chi connectivity index (χ2n) is 6.95. The van der Waals surface area contributed by atoms with E-state index in [-0.39, 0.29) is 18.6 Å². The molecule has 1 aromatic heterocycles. The summed E-state index contributed by atoms with van der Waals surface area (Å²) in [7, 11) is 0. The first kappa shape index (κ1) is 19.7. The van der Waals surface area contributed by atoms with E-state index in [1.165, 1.54) is 11.0 Å².